The van der Waals surface area contributed by atoms with Crippen molar-refractivity contribution in [2.45, 2.75) is 6.04 Å². The van der Waals surface area contributed by atoms with Crippen molar-refractivity contribution in [1.82, 2.24) is 10.2 Å². The van der Waals surface area contributed by atoms with Crippen LogP contribution in [-0.2, 0) is 4.79 Å². The molecule has 5 nitrogen and oxygen atoms in total. The maximum atomic E-state index is 13.1. The summed E-state index contributed by atoms with van der Waals surface area (Å²) in [6.45, 7) is 0.381. The van der Waals surface area contributed by atoms with Crippen LogP contribution in [0.4, 0.5) is 10.5 Å². The molecule has 2 aromatic carbocycles. The molecule has 2 aromatic rings. The smallest absolute Gasteiger partial charge is 0.322 e. The number of para-hydroxylation sites is 1. The number of hydrogen-bond acceptors (Lipinski definition) is 2. The fourth-order valence-corrected chi connectivity index (χ4v) is 3.42. The SMILES string of the molecule is CN1C(=O)N[C@@H](c2ccc(Cl)cc2)C2=C1CN(c1ccccc1)C2=O. The molecule has 1 N–H and O–H groups in total. The molecule has 0 bridgehead atoms. The van der Waals surface area contributed by atoms with E-state index in [2.05, 4.69) is 5.32 Å². The molecule has 0 aliphatic carbocycles. The minimum atomic E-state index is -0.475. The van der Waals surface area contributed by atoms with Gasteiger partial charge in [-0.3, -0.25) is 9.69 Å². The Bertz CT molecular complexity index is 877. The molecule has 0 radical (unpaired) electrons. The van der Waals surface area contributed by atoms with Crippen molar-refractivity contribution in [1.29, 1.82) is 0 Å². The van der Waals surface area contributed by atoms with Gasteiger partial charge in [-0.1, -0.05) is 41.9 Å². The highest BCUT2D eigenvalue weighted by Crippen LogP contribution is 2.37. The van der Waals surface area contributed by atoms with Gasteiger partial charge >= 0.3 is 6.03 Å². The van der Waals surface area contributed by atoms with Crippen LogP contribution in [0.2, 0.25) is 5.02 Å². The van der Waals surface area contributed by atoms with Gasteiger partial charge in [-0.15, -0.1) is 0 Å². The molecule has 3 amide bonds. The van der Waals surface area contributed by atoms with Crippen molar-refractivity contribution in [2.75, 3.05) is 18.5 Å². The van der Waals surface area contributed by atoms with E-state index in [-0.39, 0.29) is 11.9 Å². The van der Waals surface area contributed by atoms with Crippen molar-refractivity contribution in [3.8, 4) is 0 Å². The van der Waals surface area contributed by atoms with Crippen molar-refractivity contribution in [3.63, 3.8) is 0 Å². The van der Waals surface area contributed by atoms with Crippen LogP contribution in [0.3, 0.4) is 0 Å². The lowest BCUT2D eigenvalue weighted by atomic mass is 9.96. The van der Waals surface area contributed by atoms with Gasteiger partial charge in [0.25, 0.3) is 5.91 Å². The predicted octanol–water partition coefficient (Wildman–Crippen LogP) is 3.34. The predicted molar refractivity (Wildman–Crippen MR) is 96.3 cm³/mol. The number of carbonyl (C=O) groups excluding carboxylic acids is 2. The Morgan fingerprint density at radius 2 is 1.72 bits per heavy atom. The largest absolute Gasteiger partial charge is 0.327 e. The van der Waals surface area contributed by atoms with Gasteiger partial charge in [0.2, 0.25) is 0 Å². The van der Waals surface area contributed by atoms with Gasteiger partial charge in [-0.05, 0) is 29.8 Å². The van der Waals surface area contributed by atoms with Crippen LogP contribution < -0.4 is 10.2 Å². The van der Waals surface area contributed by atoms with E-state index in [1.807, 2.05) is 42.5 Å². The summed E-state index contributed by atoms with van der Waals surface area (Å²) in [4.78, 5) is 28.7. The highest BCUT2D eigenvalue weighted by molar-refractivity contribution is 6.30. The molecule has 126 valence electrons. The zero-order valence-electron chi connectivity index (χ0n) is 13.6. The highest BCUT2D eigenvalue weighted by atomic mass is 35.5. The Kier molecular flexibility index (Phi) is 3.73. The summed E-state index contributed by atoms with van der Waals surface area (Å²) < 4.78 is 0. The molecule has 1 atom stereocenters. The lowest BCUT2D eigenvalue weighted by molar-refractivity contribution is -0.114. The Morgan fingerprint density at radius 1 is 1.04 bits per heavy atom. The first kappa shape index (κ1) is 15.7. The third-order valence-electron chi connectivity index (χ3n) is 4.63. The second-order valence-electron chi connectivity index (χ2n) is 6.08. The van der Waals surface area contributed by atoms with Gasteiger partial charge in [0.15, 0.2) is 0 Å². The first-order valence-electron chi connectivity index (χ1n) is 7.96. The number of urea groups is 1. The van der Waals surface area contributed by atoms with Crippen LogP contribution in [0, 0.1) is 0 Å². The number of anilines is 1. The lowest BCUT2D eigenvalue weighted by Gasteiger charge is -2.31. The fraction of sp³-hybridized carbons (Fsp3) is 0.158. The van der Waals surface area contributed by atoms with Crippen LogP contribution in [0.15, 0.2) is 65.9 Å². The zero-order valence-corrected chi connectivity index (χ0v) is 14.3. The van der Waals surface area contributed by atoms with Crippen LogP contribution in [0.5, 0.6) is 0 Å². The van der Waals surface area contributed by atoms with Crippen molar-refractivity contribution < 1.29 is 9.59 Å². The number of carbonyl (C=O) groups is 2. The van der Waals surface area contributed by atoms with Crippen LogP contribution in [0.1, 0.15) is 11.6 Å². The number of nitrogens with one attached hydrogen (secondary N) is 1. The summed E-state index contributed by atoms with van der Waals surface area (Å²) in [5.74, 6) is -0.0898. The number of amides is 3. The molecule has 0 saturated carbocycles. The van der Waals surface area contributed by atoms with E-state index >= 15 is 0 Å². The maximum absolute atomic E-state index is 13.1. The monoisotopic (exact) mass is 353 g/mol. The maximum Gasteiger partial charge on any atom is 0.322 e. The fourth-order valence-electron chi connectivity index (χ4n) is 3.29. The van der Waals surface area contributed by atoms with E-state index < -0.39 is 6.04 Å². The summed E-state index contributed by atoms with van der Waals surface area (Å²) >= 11 is 5.96. The Balaban J connectivity index is 1.77. The third kappa shape index (κ3) is 2.57. The van der Waals surface area contributed by atoms with Crippen LogP contribution in [0.25, 0.3) is 0 Å². The van der Waals surface area contributed by atoms with E-state index in [4.69, 9.17) is 11.6 Å². The number of benzene rings is 2. The minimum absolute atomic E-state index is 0.0898. The standard InChI is InChI=1S/C19H16ClN3O2/c1-22-15-11-23(14-5-3-2-4-6-14)18(24)16(15)17(21-19(22)25)12-7-9-13(20)10-8-12/h2-10,17H,11H2,1H3,(H,21,25)/t17-/m0/s1. The third-order valence-corrected chi connectivity index (χ3v) is 4.88. The van der Waals surface area contributed by atoms with Crippen molar-refractivity contribution in [3.05, 3.63) is 76.5 Å². The quantitative estimate of drug-likeness (QED) is 0.900. The molecule has 0 unspecified atom stereocenters. The van der Waals surface area contributed by atoms with Gasteiger partial charge < -0.3 is 10.2 Å². The van der Waals surface area contributed by atoms with Gasteiger partial charge in [-0.25, -0.2) is 4.79 Å². The second kappa shape index (κ2) is 5.93. The summed E-state index contributed by atoms with van der Waals surface area (Å²) in [5, 5.41) is 3.53. The highest BCUT2D eigenvalue weighted by Gasteiger charge is 2.43. The molecule has 0 aromatic heterocycles. The van der Waals surface area contributed by atoms with Gasteiger partial charge in [0.05, 0.1) is 23.9 Å². The lowest BCUT2D eigenvalue weighted by Crippen LogP contribution is -2.45. The zero-order chi connectivity index (χ0) is 17.6. The normalized spacial score (nSPS) is 20.0. The van der Waals surface area contributed by atoms with Crippen molar-refractivity contribution in [2.24, 2.45) is 0 Å². The molecular weight excluding hydrogens is 338 g/mol. The molecule has 0 saturated heterocycles. The van der Waals surface area contributed by atoms with Gasteiger partial charge in [-0.2, -0.15) is 0 Å². The summed E-state index contributed by atoms with van der Waals surface area (Å²) in [5.41, 5.74) is 2.99. The molecule has 6 heteroatoms. The first-order valence-corrected chi connectivity index (χ1v) is 8.33. The van der Waals surface area contributed by atoms with E-state index in [1.54, 1.807) is 24.1 Å². The van der Waals surface area contributed by atoms with E-state index in [1.165, 1.54) is 4.90 Å². The molecule has 0 spiro atoms. The summed E-state index contributed by atoms with van der Waals surface area (Å²) in [6, 6.07) is 16.0. The Hall–Kier alpha value is -2.79. The number of likely N-dealkylation sites (N-methyl/N-ethyl adjacent to an activating group) is 1. The topological polar surface area (TPSA) is 52.7 Å². The Morgan fingerprint density at radius 3 is 2.40 bits per heavy atom. The molecule has 2 heterocycles. The molecule has 25 heavy (non-hydrogen) atoms. The second-order valence-corrected chi connectivity index (χ2v) is 6.52. The minimum Gasteiger partial charge on any atom is -0.327 e. The number of nitrogens with zero attached hydrogens (tertiary/aromatic N) is 2. The van der Waals surface area contributed by atoms with E-state index in [0.717, 1.165) is 16.9 Å². The molecule has 2 aliphatic rings. The van der Waals surface area contributed by atoms with Crippen molar-refractivity contribution >= 4 is 29.2 Å². The van der Waals surface area contributed by atoms with E-state index in [0.29, 0.717) is 17.1 Å². The first-order chi connectivity index (χ1) is 12.1. The number of hydrogen-bond donors (Lipinski definition) is 1. The number of rotatable bonds is 2. The average Bonchev–Trinajstić information content (AvgIpc) is 2.97. The Labute approximate surface area is 150 Å². The van der Waals surface area contributed by atoms with Crippen LogP contribution >= 0.6 is 11.6 Å². The van der Waals surface area contributed by atoms with Crippen LogP contribution in [-0.4, -0.2) is 30.4 Å². The summed E-state index contributed by atoms with van der Waals surface area (Å²) in [7, 11) is 1.69. The number of halogens is 1. The van der Waals surface area contributed by atoms with Gasteiger partial charge in [0, 0.05) is 17.8 Å². The van der Waals surface area contributed by atoms with E-state index in [9.17, 15) is 9.59 Å². The van der Waals surface area contributed by atoms with Gasteiger partial charge in [0.1, 0.15) is 0 Å². The molecule has 4 rings (SSSR count). The average molecular weight is 354 g/mol. The molecule has 0 fully saturated rings. The molecule has 2 aliphatic heterocycles. The summed E-state index contributed by atoms with van der Waals surface area (Å²) in [6.07, 6.45) is 0. The molecular formula is C19H16ClN3O2.